The van der Waals surface area contributed by atoms with Gasteiger partial charge in [0.05, 0.1) is 24.1 Å². The molecule has 1 atom stereocenters. The predicted octanol–water partition coefficient (Wildman–Crippen LogP) is 7.13. The maximum Gasteiger partial charge on any atom is 0.417 e. The maximum atomic E-state index is 13.8. The van der Waals surface area contributed by atoms with Gasteiger partial charge in [-0.15, -0.1) is 0 Å². The fraction of sp³-hybridized carbons (Fsp3) is 0.391. The molecule has 2 heterocycles. The zero-order valence-electron chi connectivity index (χ0n) is 18.1. The van der Waals surface area contributed by atoms with E-state index in [2.05, 4.69) is 30.9 Å². The van der Waals surface area contributed by atoms with Gasteiger partial charge in [0.1, 0.15) is 17.0 Å². The zero-order valence-corrected chi connectivity index (χ0v) is 19.6. The van der Waals surface area contributed by atoms with Crippen LogP contribution < -0.4 is 9.47 Å². The van der Waals surface area contributed by atoms with Gasteiger partial charge in [0.2, 0.25) is 5.92 Å². The Hall–Kier alpha value is -2.69. The summed E-state index contributed by atoms with van der Waals surface area (Å²) in [4.78, 5) is 11.4. The number of ether oxygens (including phenoxy) is 2. The van der Waals surface area contributed by atoms with E-state index in [4.69, 9.17) is 9.47 Å². The van der Waals surface area contributed by atoms with Crippen molar-refractivity contribution in [3.63, 3.8) is 0 Å². The van der Waals surface area contributed by atoms with Crippen LogP contribution in [0.2, 0.25) is 0 Å². The third-order valence-electron chi connectivity index (χ3n) is 5.68. The first-order valence-electron chi connectivity index (χ1n) is 10.5. The van der Waals surface area contributed by atoms with E-state index in [9.17, 15) is 22.0 Å². The number of methoxy groups -OCH3 is 1. The van der Waals surface area contributed by atoms with Crippen molar-refractivity contribution in [3.05, 3.63) is 58.2 Å². The molecular weight excluding hydrogens is 525 g/mol. The minimum Gasteiger partial charge on any atom is -0.493 e. The van der Waals surface area contributed by atoms with Crippen molar-refractivity contribution < 1.29 is 31.4 Å². The molecule has 5 nitrogen and oxygen atoms in total. The second-order valence-corrected chi connectivity index (χ2v) is 8.88. The van der Waals surface area contributed by atoms with Gasteiger partial charge in [-0.05, 0) is 59.1 Å². The van der Waals surface area contributed by atoms with E-state index in [0.717, 1.165) is 12.3 Å². The number of imidazole rings is 1. The summed E-state index contributed by atoms with van der Waals surface area (Å²) in [7, 11) is 1.46. The Balaban J connectivity index is 1.50. The Morgan fingerprint density at radius 1 is 1.18 bits per heavy atom. The number of H-pyrrole nitrogens is 1. The maximum absolute atomic E-state index is 13.8. The summed E-state index contributed by atoms with van der Waals surface area (Å²) in [5.41, 5.74) is 0.812. The monoisotopic (exact) mass is 545 g/mol. The molecule has 182 valence electrons. The smallest absolute Gasteiger partial charge is 0.417 e. The summed E-state index contributed by atoms with van der Waals surface area (Å²) >= 11 is 3.40. The number of hydrogen-bond donors (Lipinski definition) is 1. The molecule has 4 rings (SSSR count). The molecule has 0 aliphatic heterocycles. The quantitative estimate of drug-likeness (QED) is 0.334. The molecule has 34 heavy (non-hydrogen) atoms. The molecule has 1 fully saturated rings. The average Bonchev–Trinajstić information content (AvgIpc) is 3.18. The van der Waals surface area contributed by atoms with Crippen molar-refractivity contribution in [2.24, 2.45) is 0 Å². The number of rotatable bonds is 6. The van der Waals surface area contributed by atoms with Crippen molar-refractivity contribution in [2.75, 3.05) is 7.11 Å². The number of benzene rings is 1. The van der Waals surface area contributed by atoms with Gasteiger partial charge >= 0.3 is 6.18 Å². The molecule has 1 saturated carbocycles. The van der Waals surface area contributed by atoms with Crippen LogP contribution in [0.1, 0.15) is 48.7 Å². The van der Waals surface area contributed by atoms with Crippen LogP contribution in [0.3, 0.4) is 0 Å². The fourth-order valence-corrected chi connectivity index (χ4v) is 4.45. The summed E-state index contributed by atoms with van der Waals surface area (Å²) in [6.07, 6.45) is -2.94. The third-order valence-corrected chi connectivity index (χ3v) is 6.26. The number of nitrogens with one attached hydrogen (secondary N) is 1. The molecule has 2 aromatic heterocycles. The van der Waals surface area contributed by atoms with Crippen LogP contribution in [0.4, 0.5) is 22.0 Å². The van der Waals surface area contributed by atoms with Crippen LogP contribution in [0.15, 0.2) is 41.1 Å². The lowest BCUT2D eigenvalue weighted by atomic mass is 9.86. The Bertz CT molecular complexity index is 1150. The number of aromatic amines is 1. The highest BCUT2D eigenvalue weighted by Crippen LogP contribution is 2.42. The largest absolute Gasteiger partial charge is 0.493 e. The highest BCUT2D eigenvalue weighted by Gasteiger charge is 2.38. The van der Waals surface area contributed by atoms with Crippen molar-refractivity contribution in [2.45, 2.75) is 50.3 Å². The zero-order chi connectivity index (χ0) is 24.5. The average molecular weight is 546 g/mol. The summed E-state index contributed by atoms with van der Waals surface area (Å²) < 4.78 is 77.3. The van der Waals surface area contributed by atoms with E-state index < -0.39 is 17.7 Å². The highest BCUT2D eigenvalue weighted by atomic mass is 79.9. The molecule has 0 amide bonds. The van der Waals surface area contributed by atoms with E-state index in [1.807, 2.05) is 0 Å². The summed E-state index contributed by atoms with van der Waals surface area (Å²) in [6, 6.07) is 7.30. The molecule has 1 aliphatic rings. The Kier molecular flexibility index (Phi) is 6.84. The summed E-state index contributed by atoms with van der Waals surface area (Å²) in [5, 5.41) is 0. The second kappa shape index (κ2) is 9.52. The summed E-state index contributed by atoms with van der Waals surface area (Å²) in [6.45, 7) is -0.0539. The SMILES string of the molecule is COc1cc(-c2[nH]c([C@H]3CCCC(F)(F)C3)nc2Br)ccc1OCc1ccc(C(F)(F)F)cn1. The van der Waals surface area contributed by atoms with Gasteiger partial charge in [-0.1, -0.05) is 0 Å². The normalized spacial score (nSPS) is 18.0. The standard InChI is InChI=1S/C23H21BrF5N3O2/c1-33-18-9-13(19-20(24)32-21(31-19)14-3-2-8-22(25,26)10-14)4-7-17(18)34-12-16-6-5-15(11-30-16)23(27,28)29/h4-7,9,11,14H,2-3,8,10,12H2,1H3,(H,31,32)/t14-/m0/s1. The molecule has 0 unspecified atom stereocenters. The second-order valence-electron chi connectivity index (χ2n) is 8.13. The molecule has 3 aromatic rings. The Morgan fingerprint density at radius 2 is 1.97 bits per heavy atom. The van der Waals surface area contributed by atoms with Gasteiger partial charge in [-0.2, -0.15) is 13.2 Å². The van der Waals surface area contributed by atoms with E-state index in [-0.39, 0.29) is 25.4 Å². The van der Waals surface area contributed by atoms with Gasteiger partial charge < -0.3 is 14.5 Å². The molecule has 0 spiro atoms. The lowest BCUT2D eigenvalue weighted by molar-refractivity contribution is -0.137. The van der Waals surface area contributed by atoms with E-state index in [0.29, 0.717) is 51.7 Å². The third kappa shape index (κ3) is 5.51. The number of pyridine rings is 1. The van der Waals surface area contributed by atoms with Crippen molar-refractivity contribution >= 4 is 15.9 Å². The molecule has 1 N–H and O–H groups in total. The van der Waals surface area contributed by atoms with Crippen LogP contribution in [-0.4, -0.2) is 28.0 Å². The van der Waals surface area contributed by atoms with Gasteiger partial charge in [-0.25, -0.2) is 13.8 Å². The number of halogens is 6. The van der Waals surface area contributed by atoms with E-state index in [1.165, 1.54) is 13.2 Å². The van der Waals surface area contributed by atoms with Gasteiger partial charge in [0.25, 0.3) is 0 Å². The van der Waals surface area contributed by atoms with E-state index in [1.54, 1.807) is 18.2 Å². The van der Waals surface area contributed by atoms with Crippen molar-refractivity contribution in [1.29, 1.82) is 0 Å². The molecule has 0 radical (unpaired) electrons. The number of hydrogen-bond acceptors (Lipinski definition) is 4. The Labute approximate surface area is 200 Å². The van der Waals surface area contributed by atoms with E-state index >= 15 is 0 Å². The fourth-order valence-electron chi connectivity index (χ4n) is 3.93. The Morgan fingerprint density at radius 3 is 2.62 bits per heavy atom. The van der Waals surface area contributed by atoms with Crippen molar-refractivity contribution in [3.8, 4) is 22.8 Å². The minimum absolute atomic E-state index is 0.0539. The van der Waals surface area contributed by atoms with Crippen molar-refractivity contribution in [1.82, 2.24) is 15.0 Å². The van der Waals surface area contributed by atoms with Gasteiger partial charge in [-0.3, -0.25) is 4.98 Å². The topological polar surface area (TPSA) is 60.0 Å². The van der Waals surface area contributed by atoms with Gasteiger partial charge in [0.15, 0.2) is 11.5 Å². The van der Waals surface area contributed by atoms with Gasteiger partial charge in [0, 0.05) is 30.5 Å². The lowest BCUT2D eigenvalue weighted by Crippen LogP contribution is -2.25. The lowest BCUT2D eigenvalue weighted by Gasteiger charge is -2.27. The molecule has 1 aromatic carbocycles. The van der Waals surface area contributed by atoms with Crippen LogP contribution in [-0.2, 0) is 12.8 Å². The predicted molar refractivity (Wildman–Crippen MR) is 118 cm³/mol. The number of aromatic nitrogens is 3. The number of nitrogens with zero attached hydrogens (tertiary/aromatic N) is 2. The van der Waals surface area contributed by atoms with Crippen LogP contribution in [0.25, 0.3) is 11.3 Å². The molecule has 1 aliphatic carbocycles. The first-order valence-corrected chi connectivity index (χ1v) is 11.3. The minimum atomic E-state index is -4.45. The highest BCUT2D eigenvalue weighted by molar-refractivity contribution is 9.10. The molecule has 0 saturated heterocycles. The first kappa shape index (κ1) is 24.4. The number of alkyl halides is 5. The van der Waals surface area contributed by atoms with Crippen LogP contribution in [0, 0.1) is 0 Å². The molecular formula is C23H21BrF5N3O2. The van der Waals surface area contributed by atoms with Crippen LogP contribution in [0.5, 0.6) is 11.5 Å². The first-order chi connectivity index (χ1) is 16.1. The van der Waals surface area contributed by atoms with Crippen LogP contribution >= 0.6 is 15.9 Å². The molecule has 11 heteroatoms. The molecule has 0 bridgehead atoms. The summed E-state index contributed by atoms with van der Waals surface area (Å²) in [5.74, 6) is -1.78.